The van der Waals surface area contributed by atoms with Gasteiger partial charge in [0.1, 0.15) is 5.01 Å². The number of nitrogens with zero attached hydrogens (tertiary/aromatic N) is 1. The number of rotatable bonds is 2. The van der Waals surface area contributed by atoms with E-state index in [4.69, 9.17) is 0 Å². The molecule has 0 spiro atoms. The van der Waals surface area contributed by atoms with Crippen molar-refractivity contribution in [2.24, 2.45) is 0 Å². The molecular formula is C15H10BrNS. The van der Waals surface area contributed by atoms with Crippen molar-refractivity contribution in [1.29, 1.82) is 0 Å². The number of thiazole rings is 1. The van der Waals surface area contributed by atoms with Crippen LogP contribution in [0, 0.1) is 0 Å². The molecule has 1 heterocycles. The van der Waals surface area contributed by atoms with E-state index in [1.807, 2.05) is 12.3 Å². The first-order valence-corrected chi connectivity index (χ1v) is 7.21. The highest BCUT2D eigenvalue weighted by Gasteiger charge is 2.03. The lowest BCUT2D eigenvalue weighted by molar-refractivity contribution is 1.41. The summed E-state index contributed by atoms with van der Waals surface area (Å²) in [6.07, 6.45) is 1.84. The van der Waals surface area contributed by atoms with E-state index in [0.29, 0.717) is 0 Å². The van der Waals surface area contributed by atoms with Gasteiger partial charge in [-0.05, 0) is 27.1 Å². The van der Waals surface area contributed by atoms with Gasteiger partial charge in [-0.25, -0.2) is 4.98 Å². The molecule has 0 N–H and O–H groups in total. The third kappa shape index (κ3) is 2.37. The molecule has 1 nitrogen and oxygen atoms in total. The van der Waals surface area contributed by atoms with Crippen LogP contribution in [0.4, 0.5) is 0 Å². The summed E-state index contributed by atoms with van der Waals surface area (Å²) in [6, 6.07) is 18.9. The Balaban J connectivity index is 1.94. The third-order valence-corrected chi connectivity index (χ3v) is 4.24. The van der Waals surface area contributed by atoms with Crippen molar-refractivity contribution in [3.63, 3.8) is 0 Å². The predicted octanol–water partition coefficient (Wildman–Crippen LogP) is 5.24. The molecule has 2 aromatic carbocycles. The molecule has 3 heteroatoms. The molecule has 0 radical (unpaired) electrons. The SMILES string of the molecule is Brc1cnc(-c2ccc(-c3ccccc3)cc2)s1. The molecule has 0 aliphatic rings. The second-order valence-electron chi connectivity index (χ2n) is 3.91. The van der Waals surface area contributed by atoms with Crippen LogP contribution < -0.4 is 0 Å². The molecule has 0 saturated carbocycles. The Labute approximate surface area is 118 Å². The average molecular weight is 316 g/mol. The minimum Gasteiger partial charge on any atom is -0.243 e. The highest BCUT2D eigenvalue weighted by Crippen LogP contribution is 2.30. The van der Waals surface area contributed by atoms with Crippen LogP contribution >= 0.6 is 27.3 Å². The summed E-state index contributed by atoms with van der Waals surface area (Å²) in [4.78, 5) is 4.36. The lowest BCUT2D eigenvalue weighted by Crippen LogP contribution is -1.78. The highest BCUT2D eigenvalue weighted by atomic mass is 79.9. The Morgan fingerprint density at radius 1 is 0.778 bits per heavy atom. The van der Waals surface area contributed by atoms with Crippen LogP contribution in [0.2, 0.25) is 0 Å². The van der Waals surface area contributed by atoms with Crippen molar-refractivity contribution < 1.29 is 0 Å². The van der Waals surface area contributed by atoms with Crippen LogP contribution in [0.15, 0.2) is 64.6 Å². The molecule has 0 amide bonds. The molecule has 18 heavy (non-hydrogen) atoms. The maximum absolute atomic E-state index is 4.36. The molecule has 0 saturated heterocycles. The van der Waals surface area contributed by atoms with Crippen LogP contribution in [-0.2, 0) is 0 Å². The van der Waals surface area contributed by atoms with E-state index in [2.05, 4.69) is 69.4 Å². The van der Waals surface area contributed by atoms with Gasteiger partial charge in [-0.15, -0.1) is 11.3 Å². The van der Waals surface area contributed by atoms with Gasteiger partial charge in [-0.3, -0.25) is 0 Å². The summed E-state index contributed by atoms with van der Waals surface area (Å²) in [7, 11) is 0. The second kappa shape index (κ2) is 5.04. The van der Waals surface area contributed by atoms with Gasteiger partial charge in [0.2, 0.25) is 0 Å². The third-order valence-electron chi connectivity index (χ3n) is 2.72. The number of halogens is 1. The van der Waals surface area contributed by atoms with Gasteiger partial charge in [0.05, 0.1) is 9.98 Å². The summed E-state index contributed by atoms with van der Waals surface area (Å²) >= 11 is 5.08. The fraction of sp³-hybridized carbons (Fsp3) is 0. The topological polar surface area (TPSA) is 12.9 Å². The van der Waals surface area contributed by atoms with E-state index in [9.17, 15) is 0 Å². The Bertz CT molecular complexity index is 644. The zero-order valence-electron chi connectivity index (χ0n) is 9.51. The van der Waals surface area contributed by atoms with Crippen molar-refractivity contribution in [2.75, 3.05) is 0 Å². The average Bonchev–Trinajstić information content (AvgIpc) is 2.87. The van der Waals surface area contributed by atoms with Crippen molar-refractivity contribution in [3.8, 4) is 21.7 Å². The standard InChI is InChI=1S/C15H10BrNS/c16-14-10-17-15(18-14)13-8-6-12(7-9-13)11-4-2-1-3-5-11/h1-10H. The van der Waals surface area contributed by atoms with Crippen LogP contribution in [0.3, 0.4) is 0 Å². The first kappa shape index (κ1) is 11.6. The lowest BCUT2D eigenvalue weighted by atomic mass is 10.0. The first-order chi connectivity index (χ1) is 8.83. The fourth-order valence-electron chi connectivity index (χ4n) is 1.82. The molecule has 0 aliphatic carbocycles. The van der Waals surface area contributed by atoms with Gasteiger partial charge < -0.3 is 0 Å². The van der Waals surface area contributed by atoms with Gasteiger partial charge in [-0.1, -0.05) is 54.6 Å². The first-order valence-electron chi connectivity index (χ1n) is 5.60. The second-order valence-corrected chi connectivity index (χ2v) is 6.32. The van der Waals surface area contributed by atoms with Crippen molar-refractivity contribution in [1.82, 2.24) is 4.98 Å². The van der Waals surface area contributed by atoms with E-state index in [1.165, 1.54) is 11.1 Å². The summed E-state index contributed by atoms with van der Waals surface area (Å²) in [5.74, 6) is 0. The number of aromatic nitrogens is 1. The molecule has 0 unspecified atom stereocenters. The largest absolute Gasteiger partial charge is 0.243 e. The van der Waals surface area contributed by atoms with Crippen LogP contribution in [0.25, 0.3) is 21.7 Å². The number of hydrogen-bond acceptors (Lipinski definition) is 2. The van der Waals surface area contributed by atoms with E-state index >= 15 is 0 Å². The van der Waals surface area contributed by atoms with Crippen LogP contribution in [-0.4, -0.2) is 4.98 Å². The van der Waals surface area contributed by atoms with Gasteiger partial charge in [0.15, 0.2) is 0 Å². The van der Waals surface area contributed by atoms with E-state index in [-0.39, 0.29) is 0 Å². The van der Waals surface area contributed by atoms with Crippen LogP contribution in [0.5, 0.6) is 0 Å². The van der Waals surface area contributed by atoms with E-state index < -0.39 is 0 Å². The zero-order chi connectivity index (χ0) is 12.4. The summed E-state index contributed by atoms with van der Waals surface area (Å²) in [6.45, 7) is 0. The number of benzene rings is 2. The smallest absolute Gasteiger partial charge is 0.124 e. The normalized spacial score (nSPS) is 10.5. The Hall–Kier alpha value is -1.45. The van der Waals surface area contributed by atoms with Gasteiger partial charge in [0.25, 0.3) is 0 Å². The summed E-state index contributed by atoms with van der Waals surface area (Å²) in [5, 5.41) is 1.04. The summed E-state index contributed by atoms with van der Waals surface area (Å²) < 4.78 is 1.06. The van der Waals surface area contributed by atoms with Gasteiger partial charge in [-0.2, -0.15) is 0 Å². The molecule has 0 aliphatic heterocycles. The molecule has 0 atom stereocenters. The monoisotopic (exact) mass is 315 g/mol. The molecule has 0 bridgehead atoms. The Kier molecular flexibility index (Phi) is 3.26. The van der Waals surface area contributed by atoms with Crippen molar-refractivity contribution in [2.45, 2.75) is 0 Å². The quantitative estimate of drug-likeness (QED) is 0.630. The lowest BCUT2D eigenvalue weighted by Gasteiger charge is -2.02. The maximum Gasteiger partial charge on any atom is 0.124 e. The van der Waals surface area contributed by atoms with Gasteiger partial charge in [0, 0.05) is 5.56 Å². The zero-order valence-corrected chi connectivity index (χ0v) is 11.9. The molecule has 88 valence electrons. The minimum absolute atomic E-state index is 1.04. The number of hydrogen-bond donors (Lipinski definition) is 0. The Morgan fingerprint density at radius 3 is 2.00 bits per heavy atom. The van der Waals surface area contributed by atoms with Crippen molar-refractivity contribution in [3.05, 3.63) is 64.6 Å². The maximum atomic E-state index is 4.36. The van der Waals surface area contributed by atoms with Crippen molar-refractivity contribution >= 4 is 27.3 Å². The van der Waals surface area contributed by atoms with E-state index in [1.54, 1.807) is 11.3 Å². The minimum atomic E-state index is 1.04. The fourth-order valence-corrected chi connectivity index (χ4v) is 3.04. The highest BCUT2D eigenvalue weighted by molar-refractivity contribution is 9.11. The van der Waals surface area contributed by atoms with Gasteiger partial charge >= 0.3 is 0 Å². The Morgan fingerprint density at radius 2 is 1.39 bits per heavy atom. The molecule has 3 rings (SSSR count). The van der Waals surface area contributed by atoms with E-state index in [0.717, 1.165) is 14.4 Å². The predicted molar refractivity (Wildman–Crippen MR) is 80.7 cm³/mol. The molecule has 3 aromatic rings. The molecule has 1 aromatic heterocycles. The molecule has 0 fully saturated rings. The van der Waals surface area contributed by atoms with Crippen LogP contribution in [0.1, 0.15) is 0 Å². The molecular weight excluding hydrogens is 306 g/mol. The summed E-state index contributed by atoms with van der Waals surface area (Å²) in [5.41, 5.74) is 3.63.